The topological polar surface area (TPSA) is 41.6 Å². The molecule has 0 aliphatic carbocycles. The third kappa shape index (κ3) is 2.96. The van der Waals surface area contributed by atoms with E-state index in [0.717, 1.165) is 25.9 Å². The first-order chi connectivity index (χ1) is 6.79. The molecule has 1 aliphatic heterocycles. The van der Waals surface area contributed by atoms with Crippen molar-refractivity contribution in [1.29, 1.82) is 0 Å². The van der Waals surface area contributed by atoms with Gasteiger partial charge in [-0.05, 0) is 19.9 Å². The lowest BCUT2D eigenvalue weighted by atomic mass is 10.2. The van der Waals surface area contributed by atoms with Crippen LogP contribution >= 0.6 is 0 Å². The van der Waals surface area contributed by atoms with Gasteiger partial charge in [-0.25, -0.2) is 0 Å². The summed E-state index contributed by atoms with van der Waals surface area (Å²) in [5.74, 6) is 0.249. The SMILES string of the molecule is CNCCC(=O)N1CCCC1COC. The minimum atomic E-state index is 0.249. The standard InChI is InChI=1S/C10H20N2O2/c1-11-6-5-10(13)12-7-3-4-9(12)8-14-2/h9,11H,3-8H2,1-2H3. The van der Waals surface area contributed by atoms with Crippen LogP contribution in [-0.4, -0.2) is 50.7 Å². The average molecular weight is 200 g/mol. The van der Waals surface area contributed by atoms with Gasteiger partial charge < -0.3 is 15.0 Å². The van der Waals surface area contributed by atoms with Crippen molar-refractivity contribution < 1.29 is 9.53 Å². The van der Waals surface area contributed by atoms with Crippen LogP contribution in [0.1, 0.15) is 19.3 Å². The van der Waals surface area contributed by atoms with Crippen LogP contribution in [0, 0.1) is 0 Å². The molecule has 1 N–H and O–H groups in total. The molecule has 0 radical (unpaired) electrons. The van der Waals surface area contributed by atoms with E-state index in [1.165, 1.54) is 0 Å². The van der Waals surface area contributed by atoms with Gasteiger partial charge >= 0.3 is 0 Å². The second-order valence-corrected chi connectivity index (χ2v) is 3.69. The molecule has 82 valence electrons. The van der Waals surface area contributed by atoms with E-state index >= 15 is 0 Å². The lowest BCUT2D eigenvalue weighted by Crippen LogP contribution is -2.39. The molecule has 1 rings (SSSR count). The van der Waals surface area contributed by atoms with Crippen LogP contribution in [0.2, 0.25) is 0 Å². The van der Waals surface area contributed by atoms with Gasteiger partial charge in [0, 0.05) is 26.6 Å². The highest BCUT2D eigenvalue weighted by atomic mass is 16.5. The average Bonchev–Trinajstić information content (AvgIpc) is 2.63. The van der Waals surface area contributed by atoms with Gasteiger partial charge in [-0.1, -0.05) is 0 Å². The zero-order valence-electron chi connectivity index (χ0n) is 9.08. The molecule has 0 spiro atoms. The van der Waals surface area contributed by atoms with Gasteiger partial charge in [0.1, 0.15) is 0 Å². The van der Waals surface area contributed by atoms with Crippen molar-refractivity contribution >= 4 is 5.91 Å². The molecule has 0 aromatic rings. The summed E-state index contributed by atoms with van der Waals surface area (Å²) < 4.78 is 5.10. The predicted molar refractivity (Wildman–Crippen MR) is 55.2 cm³/mol. The fourth-order valence-corrected chi connectivity index (χ4v) is 1.91. The van der Waals surface area contributed by atoms with Gasteiger partial charge in [-0.2, -0.15) is 0 Å². The van der Waals surface area contributed by atoms with Gasteiger partial charge in [0.05, 0.1) is 12.6 Å². The molecule has 1 unspecified atom stereocenters. The Morgan fingerprint density at radius 3 is 3.07 bits per heavy atom. The van der Waals surface area contributed by atoms with Crippen LogP contribution in [0.25, 0.3) is 0 Å². The fourth-order valence-electron chi connectivity index (χ4n) is 1.91. The predicted octanol–water partition coefficient (Wildman–Crippen LogP) is 0.233. The molecule has 1 saturated heterocycles. The quantitative estimate of drug-likeness (QED) is 0.691. The van der Waals surface area contributed by atoms with Crippen molar-refractivity contribution in [2.24, 2.45) is 0 Å². The van der Waals surface area contributed by atoms with Crippen molar-refractivity contribution in [3.63, 3.8) is 0 Å². The van der Waals surface area contributed by atoms with E-state index in [0.29, 0.717) is 19.1 Å². The van der Waals surface area contributed by atoms with Crippen LogP contribution in [0.15, 0.2) is 0 Å². The first kappa shape index (κ1) is 11.5. The minimum Gasteiger partial charge on any atom is -0.383 e. The number of hydrogen-bond donors (Lipinski definition) is 1. The first-order valence-corrected chi connectivity index (χ1v) is 5.22. The second-order valence-electron chi connectivity index (χ2n) is 3.69. The van der Waals surface area contributed by atoms with Crippen LogP contribution in [0.3, 0.4) is 0 Å². The first-order valence-electron chi connectivity index (χ1n) is 5.22. The Kier molecular flexibility index (Phi) is 4.90. The number of carbonyl (C=O) groups is 1. The molecular formula is C10H20N2O2. The number of ether oxygens (including phenoxy) is 1. The monoisotopic (exact) mass is 200 g/mol. The van der Waals surface area contributed by atoms with E-state index in [9.17, 15) is 4.79 Å². The Balaban J connectivity index is 2.36. The molecule has 0 aromatic heterocycles. The van der Waals surface area contributed by atoms with Crippen LogP contribution in [-0.2, 0) is 9.53 Å². The Hall–Kier alpha value is -0.610. The summed E-state index contributed by atoms with van der Waals surface area (Å²) in [5, 5.41) is 2.99. The zero-order chi connectivity index (χ0) is 10.4. The summed E-state index contributed by atoms with van der Waals surface area (Å²) in [6, 6.07) is 0.310. The number of rotatable bonds is 5. The number of carbonyl (C=O) groups excluding carboxylic acids is 1. The maximum atomic E-state index is 11.7. The van der Waals surface area contributed by atoms with Gasteiger partial charge in [0.25, 0.3) is 0 Å². The summed E-state index contributed by atoms with van der Waals surface area (Å²) in [6.07, 6.45) is 2.79. The number of likely N-dealkylation sites (tertiary alicyclic amines) is 1. The Morgan fingerprint density at radius 2 is 2.43 bits per heavy atom. The van der Waals surface area contributed by atoms with E-state index in [1.54, 1.807) is 7.11 Å². The molecule has 1 heterocycles. The van der Waals surface area contributed by atoms with Crippen molar-refractivity contribution in [3.05, 3.63) is 0 Å². The summed E-state index contributed by atoms with van der Waals surface area (Å²) in [4.78, 5) is 13.7. The number of methoxy groups -OCH3 is 1. The number of nitrogens with one attached hydrogen (secondary N) is 1. The van der Waals surface area contributed by atoms with E-state index < -0.39 is 0 Å². The number of hydrogen-bond acceptors (Lipinski definition) is 3. The van der Waals surface area contributed by atoms with E-state index in [-0.39, 0.29) is 5.91 Å². The van der Waals surface area contributed by atoms with Crippen LogP contribution in [0.4, 0.5) is 0 Å². The van der Waals surface area contributed by atoms with Gasteiger partial charge in [0.2, 0.25) is 5.91 Å². The normalized spacial score (nSPS) is 21.6. The Bertz CT molecular complexity index is 185. The summed E-state index contributed by atoms with van der Waals surface area (Å²) in [5.41, 5.74) is 0. The molecule has 14 heavy (non-hydrogen) atoms. The van der Waals surface area contributed by atoms with Crippen molar-refractivity contribution in [3.8, 4) is 0 Å². The molecule has 0 aromatic carbocycles. The van der Waals surface area contributed by atoms with Gasteiger partial charge in [-0.3, -0.25) is 4.79 Å². The van der Waals surface area contributed by atoms with Crippen molar-refractivity contribution in [2.75, 3.05) is 33.9 Å². The highest BCUT2D eigenvalue weighted by molar-refractivity contribution is 5.77. The molecule has 1 fully saturated rings. The van der Waals surface area contributed by atoms with E-state index in [1.807, 2.05) is 11.9 Å². The molecule has 1 atom stereocenters. The highest BCUT2D eigenvalue weighted by Crippen LogP contribution is 2.18. The van der Waals surface area contributed by atoms with E-state index in [2.05, 4.69) is 5.32 Å². The van der Waals surface area contributed by atoms with Crippen LogP contribution < -0.4 is 5.32 Å². The van der Waals surface area contributed by atoms with Crippen LogP contribution in [0.5, 0.6) is 0 Å². The lowest BCUT2D eigenvalue weighted by Gasteiger charge is -2.24. The lowest BCUT2D eigenvalue weighted by molar-refractivity contribution is -0.132. The summed E-state index contributed by atoms with van der Waals surface area (Å²) in [6.45, 7) is 2.33. The largest absolute Gasteiger partial charge is 0.383 e. The minimum absolute atomic E-state index is 0.249. The Labute approximate surface area is 85.6 Å². The number of amides is 1. The third-order valence-corrected chi connectivity index (χ3v) is 2.65. The van der Waals surface area contributed by atoms with Gasteiger partial charge in [-0.15, -0.1) is 0 Å². The molecule has 1 aliphatic rings. The zero-order valence-corrected chi connectivity index (χ0v) is 9.08. The molecule has 1 amide bonds. The molecule has 4 heteroatoms. The maximum absolute atomic E-state index is 11.7. The second kappa shape index (κ2) is 5.98. The van der Waals surface area contributed by atoms with Crippen molar-refractivity contribution in [1.82, 2.24) is 10.2 Å². The highest BCUT2D eigenvalue weighted by Gasteiger charge is 2.27. The van der Waals surface area contributed by atoms with Crippen molar-refractivity contribution in [2.45, 2.75) is 25.3 Å². The third-order valence-electron chi connectivity index (χ3n) is 2.65. The summed E-state index contributed by atoms with van der Waals surface area (Å²) in [7, 11) is 3.55. The molecular weight excluding hydrogens is 180 g/mol. The smallest absolute Gasteiger partial charge is 0.224 e. The molecule has 4 nitrogen and oxygen atoms in total. The maximum Gasteiger partial charge on any atom is 0.224 e. The fraction of sp³-hybridized carbons (Fsp3) is 0.900. The Morgan fingerprint density at radius 1 is 1.64 bits per heavy atom. The molecule has 0 saturated carbocycles. The molecule has 0 bridgehead atoms. The van der Waals surface area contributed by atoms with E-state index in [4.69, 9.17) is 4.74 Å². The summed E-state index contributed by atoms with van der Waals surface area (Å²) >= 11 is 0. The number of nitrogens with zero attached hydrogens (tertiary/aromatic N) is 1. The van der Waals surface area contributed by atoms with Gasteiger partial charge in [0.15, 0.2) is 0 Å².